The summed E-state index contributed by atoms with van der Waals surface area (Å²) >= 11 is 0. The fourth-order valence-electron chi connectivity index (χ4n) is 4.65. The maximum atomic E-state index is 13.6. The van der Waals surface area contributed by atoms with E-state index in [0.717, 1.165) is 35.8 Å². The number of carbonyl (C=O) groups is 2. The summed E-state index contributed by atoms with van der Waals surface area (Å²) in [5, 5.41) is 2.89. The van der Waals surface area contributed by atoms with Crippen molar-refractivity contribution < 1.29 is 14.0 Å². The van der Waals surface area contributed by atoms with Gasteiger partial charge in [0.15, 0.2) is 0 Å². The predicted octanol–water partition coefficient (Wildman–Crippen LogP) is 4.75. The molecule has 0 aromatic heterocycles. The molecule has 6 heteroatoms. The van der Waals surface area contributed by atoms with Gasteiger partial charge in [0.2, 0.25) is 11.8 Å². The van der Waals surface area contributed by atoms with Crippen LogP contribution in [0.3, 0.4) is 0 Å². The molecule has 2 aliphatic heterocycles. The highest BCUT2D eigenvalue weighted by molar-refractivity contribution is 5.93. The van der Waals surface area contributed by atoms with Gasteiger partial charge in [0.25, 0.3) is 0 Å². The molecule has 1 saturated heterocycles. The van der Waals surface area contributed by atoms with E-state index in [1.54, 1.807) is 11.0 Å². The number of hydrogen-bond acceptors (Lipinski definition) is 3. The second-order valence-electron chi connectivity index (χ2n) is 9.25. The fraction of sp³-hybridized carbons (Fsp3) is 0.462. The Kier molecular flexibility index (Phi) is 6.77. The van der Waals surface area contributed by atoms with Gasteiger partial charge in [-0.25, -0.2) is 4.39 Å². The number of anilines is 2. The Balaban J connectivity index is 1.27. The zero-order valence-electron chi connectivity index (χ0n) is 18.9. The molecule has 2 aromatic carbocycles. The Hall–Kier alpha value is -2.89. The maximum Gasteiger partial charge on any atom is 0.224 e. The molecular formula is C26H32FN3O2. The molecule has 2 aliphatic rings. The lowest BCUT2D eigenvalue weighted by atomic mass is 9.94. The van der Waals surface area contributed by atoms with Crippen LogP contribution in [0.2, 0.25) is 0 Å². The average molecular weight is 438 g/mol. The van der Waals surface area contributed by atoms with Crippen molar-refractivity contribution in [2.75, 3.05) is 23.3 Å². The van der Waals surface area contributed by atoms with Crippen molar-refractivity contribution in [3.8, 4) is 0 Å². The molecular weight excluding hydrogens is 405 g/mol. The van der Waals surface area contributed by atoms with Gasteiger partial charge < -0.3 is 15.1 Å². The van der Waals surface area contributed by atoms with E-state index in [9.17, 15) is 14.0 Å². The number of rotatable bonds is 5. The third kappa shape index (κ3) is 5.29. The molecule has 1 fully saturated rings. The van der Waals surface area contributed by atoms with Crippen LogP contribution in [0.4, 0.5) is 15.8 Å². The standard InChI is InChI=1S/C26H32FN3O2/c1-18-11-13-29(14-12-18)24-7-5-23(6-8-24)28-25(31)9-10-26(32)30-17-21-16-22(27)4-3-20(21)15-19(30)2/h3-8,16,18-19H,9-15,17H2,1-2H3,(H,28,31). The van der Waals surface area contributed by atoms with Crippen LogP contribution in [-0.4, -0.2) is 35.8 Å². The molecule has 0 aliphatic carbocycles. The maximum absolute atomic E-state index is 13.6. The third-order valence-electron chi connectivity index (χ3n) is 6.74. The Morgan fingerprint density at radius 2 is 1.72 bits per heavy atom. The first-order chi connectivity index (χ1) is 15.4. The summed E-state index contributed by atoms with van der Waals surface area (Å²) in [6.45, 7) is 6.83. The van der Waals surface area contributed by atoms with E-state index in [0.29, 0.717) is 13.0 Å². The lowest BCUT2D eigenvalue weighted by Gasteiger charge is -2.35. The number of amides is 2. The molecule has 32 heavy (non-hydrogen) atoms. The quantitative estimate of drug-likeness (QED) is 0.734. The monoisotopic (exact) mass is 437 g/mol. The highest BCUT2D eigenvalue weighted by Gasteiger charge is 2.27. The molecule has 0 radical (unpaired) electrons. The average Bonchev–Trinajstić information content (AvgIpc) is 2.78. The highest BCUT2D eigenvalue weighted by atomic mass is 19.1. The van der Waals surface area contributed by atoms with Crippen molar-refractivity contribution in [3.05, 3.63) is 59.4 Å². The first kappa shape index (κ1) is 22.3. The van der Waals surface area contributed by atoms with Gasteiger partial charge in [-0.15, -0.1) is 0 Å². The molecule has 2 amide bonds. The summed E-state index contributed by atoms with van der Waals surface area (Å²) in [7, 11) is 0. The summed E-state index contributed by atoms with van der Waals surface area (Å²) in [5.41, 5.74) is 3.86. The Morgan fingerprint density at radius 3 is 2.44 bits per heavy atom. The van der Waals surface area contributed by atoms with E-state index in [2.05, 4.69) is 17.1 Å². The van der Waals surface area contributed by atoms with E-state index >= 15 is 0 Å². The Bertz CT molecular complexity index is 968. The predicted molar refractivity (Wildman–Crippen MR) is 125 cm³/mol. The summed E-state index contributed by atoms with van der Waals surface area (Å²) in [5.74, 6) is 0.258. The van der Waals surface area contributed by atoms with Gasteiger partial charge in [-0.1, -0.05) is 13.0 Å². The van der Waals surface area contributed by atoms with Crippen LogP contribution in [0.15, 0.2) is 42.5 Å². The molecule has 4 rings (SSSR count). The lowest BCUT2D eigenvalue weighted by Crippen LogP contribution is -2.42. The van der Waals surface area contributed by atoms with Crippen molar-refractivity contribution in [2.24, 2.45) is 5.92 Å². The largest absolute Gasteiger partial charge is 0.372 e. The summed E-state index contributed by atoms with van der Waals surface area (Å²) in [4.78, 5) is 29.3. The first-order valence-corrected chi connectivity index (χ1v) is 11.6. The molecule has 0 spiro atoms. The zero-order valence-corrected chi connectivity index (χ0v) is 18.9. The minimum Gasteiger partial charge on any atom is -0.372 e. The van der Waals surface area contributed by atoms with E-state index in [-0.39, 0.29) is 36.5 Å². The third-order valence-corrected chi connectivity index (χ3v) is 6.74. The number of hydrogen-bond donors (Lipinski definition) is 1. The molecule has 0 bridgehead atoms. The van der Waals surface area contributed by atoms with Crippen molar-refractivity contribution in [3.63, 3.8) is 0 Å². The van der Waals surface area contributed by atoms with Crippen LogP contribution in [0.1, 0.15) is 50.7 Å². The van der Waals surface area contributed by atoms with Gasteiger partial charge >= 0.3 is 0 Å². The van der Waals surface area contributed by atoms with E-state index < -0.39 is 0 Å². The molecule has 1 atom stereocenters. The number of nitrogens with one attached hydrogen (secondary N) is 1. The molecule has 1 unspecified atom stereocenters. The van der Waals surface area contributed by atoms with Gasteiger partial charge in [-0.2, -0.15) is 0 Å². The van der Waals surface area contributed by atoms with Gasteiger partial charge in [0, 0.05) is 49.9 Å². The summed E-state index contributed by atoms with van der Waals surface area (Å²) in [6.07, 6.45) is 3.40. The molecule has 2 heterocycles. The lowest BCUT2D eigenvalue weighted by molar-refractivity contribution is -0.135. The van der Waals surface area contributed by atoms with Gasteiger partial charge in [-0.05, 0) is 79.6 Å². The second kappa shape index (κ2) is 9.72. The topological polar surface area (TPSA) is 52.7 Å². The fourth-order valence-corrected chi connectivity index (χ4v) is 4.65. The van der Waals surface area contributed by atoms with Gasteiger partial charge in [0.05, 0.1) is 0 Å². The summed E-state index contributed by atoms with van der Waals surface area (Å²) in [6, 6.07) is 12.7. The molecule has 2 aromatic rings. The normalized spacial score (nSPS) is 18.9. The molecule has 0 saturated carbocycles. The van der Waals surface area contributed by atoms with Gasteiger partial charge in [-0.3, -0.25) is 9.59 Å². The Labute approximate surface area is 189 Å². The SMILES string of the molecule is CC1CCN(c2ccc(NC(=O)CCC(=O)N3Cc4cc(F)ccc4CC3C)cc2)CC1. The number of piperidine rings is 1. The Morgan fingerprint density at radius 1 is 1.00 bits per heavy atom. The van der Waals surface area contributed by atoms with Crippen LogP contribution >= 0.6 is 0 Å². The van der Waals surface area contributed by atoms with Gasteiger partial charge in [0.1, 0.15) is 5.82 Å². The van der Waals surface area contributed by atoms with Crippen LogP contribution in [0.5, 0.6) is 0 Å². The smallest absolute Gasteiger partial charge is 0.224 e. The van der Waals surface area contributed by atoms with E-state index in [1.807, 2.05) is 31.2 Å². The number of benzene rings is 2. The minimum atomic E-state index is -0.286. The van der Waals surface area contributed by atoms with E-state index in [4.69, 9.17) is 0 Å². The molecule has 1 N–H and O–H groups in total. The van der Waals surface area contributed by atoms with Crippen LogP contribution in [0.25, 0.3) is 0 Å². The summed E-state index contributed by atoms with van der Waals surface area (Å²) < 4.78 is 13.6. The van der Waals surface area contributed by atoms with Crippen molar-refractivity contribution in [2.45, 2.75) is 58.5 Å². The van der Waals surface area contributed by atoms with Crippen molar-refractivity contribution in [1.82, 2.24) is 4.90 Å². The minimum absolute atomic E-state index is 0.0360. The zero-order chi connectivity index (χ0) is 22.7. The van der Waals surface area contributed by atoms with Crippen LogP contribution in [-0.2, 0) is 22.6 Å². The number of halogens is 1. The van der Waals surface area contributed by atoms with Crippen LogP contribution < -0.4 is 10.2 Å². The first-order valence-electron chi connectivity index (χ1n) is 11.6. The molecule has 170 valence electrons. The van der Waals surface area contributed by atoms with Crippen molar-refractivity contribution in [1.29, 1.82) is 0 Å². The highest BCUT2D eigenvalue weighted by Crippen LogP contribution is 2.26. The molecule has 5 nitrogen and oxygen atoms in total. The van der Waals surface area contributed by atoms with Crippen molar-refractivity contribution >= 4 is 23.2 Å². The second-order valence-corrected chi connectivity index (χ2v) is 9.25. The number of nitrogens with zero attached hydrogens (tertiary/aromatic N) is 2. The van der Waals surface area contributed by atoms with Crippen LogP contribution in [0, 0.1) is 11.7 Å². The van der Waals surface area contributed by atoms with E-state index in [1.165, 1.54) is 30.7 Å². The number of carbonyl (C=O) groups excluding carboxylic acids is 2. The number of fused-ring (bicyclic) bond motifs is 1.